The molecule has 0 saturated carbocycles. The zero-order valence-electron chi connectivity index (χ0n) is 16.4. The van der Waals surface area contributed by atoms with Gasteiger partial charge in [-0.2, -0.15) is 0 Å². The van der Waals surface area contributed by atoms with Crippen LogP contribution in [0.1, 0.15) is 18.5 Å². The Bertz CT molecular complexity index is 1100. The Morgan fingerprint density at radius 2 is 1.34 bits per heavy atom. The summed E-state index contributed by atoms with van der Waals surface area (Å²) in [6.07, 6.45) is 0. The molecular formula is C25H22N2O2. The number of aromatic nitrogens is 2. The minimum absolute atomic E-state index is 0.306. The van der Waals surface area contributed by atoms with Gasteiger partial charge in [0, 0.05) is 16.8 Å². The van der Waals surface area contributed by atoms with Crippen molar-refractivity contribution in [2.24, 2.45) is 0 Å². The number of imidazole rings is 1. The number of ether oxygens (including phenoxy) is 1. The first-order chi connectivity index (χ1) is 14.2. The van der Waals surface area contributed by atoms with Crippen molar-refractivity contribution in [2.75, 3.05) is 7.11 Å². The van der Waals surface area contributed by atoms with Crippen molar-refractivity contribution in [1.82, 2.24) is 9.55 Å². The van der Waals surface area contributed by atoms with Gasteiger partial charge in [0.15, 0.2) is 0 Å². The lowest BCUT2D eigenvalue weighted by atomic mass is 10.0. The van der Waals surface area contributed by atoms with Gasteiger partial charge in [0.2, 0.25) is 0 Å². The van der Waals surface area contributed by atoms with Crippen LogP contribution >= 0.6 is 0 Å². The minimum Gasteiger partial charge on any atom is -0.469 e. The zero-order valence-corrected chi connectivity index (χ0v) is 16.4. The third-order valence-corrected chi connectivity index (χ3v) is 4.96. The van der Waals surface area contributed by atoms with E-state index in [4.69, 9.17) is 9.72 Å². The highest BCUT2D eigenvalue weighted by atomic mass is 16.5. The molecule has 0 radical (unpaired) electrons. The summed E-state index contributed by atoms with van der Waals surface area (Å²) in [4.78, 5) is 17.4. The van der Waals surface area contributed by atoms with Crippen LogP contribution in [0.5, 0.6) is 0 Å². The quantitative estimate of drug-likeness (QED) is 0.429. The number of benzene rings is 3. The molecule has 4 rings (SSSR count). The fraction of sp³-hybridized carbons (Fsp3) is 0.120. The van der Waals surface area contributed by atoms with Gasteiger partial charge in [0.25, 0.3) is 0 Å². The first kappa shape index (κ1) is 18.7. The molecule has 1 aromatic heterocycles. The van der Waals surface area contributed by atoms with E-state index in [-0.39, 0.29) is 5.97 Å². The van der Waals surface area contributed by atoms with Gasteiger partial charge < -0.3 is 4.74 Å². The Balaban J connectivity index is 2.07. The summed E-state index contributed by atoms with van der Waals surface area (Å²) >= 11 is 0. The second-order valence-corrected chi connectivity index (χ2v) is 6.82. The standard InChI is InChI=1S/C25H22N2O2/c1-18(25(28)29-2)22-23(19-12-6-3-7-13-19)27(21-16-10-5-11-17-21)24(26-22)20-14-8-4-9-15-20/h3-18H,1-2H3. The third-order valence-electron chi connectivity index (χ3n) is 4.96. The molecule has 0 aliphatic rings. The number of carbonyl (C=O) groups excluding carboxylic acids is 1. The second-order valence-electron chi connectivity index (χ2n) is 6.82. The lowest BCUT2D eigenvalue weighted by Crippen LogP contribution is -2.12. The number of para-hydroxylation sites is 1. The van der Waals surface area contributed by atoms with E-state index in [1.165, 1.54) is 7.11 Å². The van der Waals surface area contributed by atoms with Crippen molar-refractivity contribution in [3.05, 3.63) is 96.7 Å². The molecular weight excluding hydrogens is 360 g/mol. The Hall–Kier alpha value is -3.66. The van der Waals surface area contributed by atoms with Crippen LogP contribution in [-0.4, -0.2) is 22.6 Å². The summed E-state index contributed by atoms with van der Waals surface area (Å²) in [6, 6.07) is 30.2. The largest absolute Gasteiger partial charge is 0.469 e. The summed E-state index contributed by atoms with van der Waals surface area (Å²) < 4.78 is 7.15. The molecule has 0 aliphatic carbocycles. The number of hydrogen-bond acceptors (Lipinski definition) is 3. The monoisotopic (exact) mass is 382 g/mol. The van der Waals surface area contributed by atoms with Crippen LogP contribution < -0.4 is 0 Å². The maximum Gasteiger partial charge on any atom is 0.314 e. The predicted octanol–water partition coefficient (Wildman–Crippen LogP) is 5.48. The summed E-state index contributed by atoms with van der Waals surface area (Å²) in [6.45, 7) is 1.84. The molecule has 3 aromatic carbocycles. The smallest absolute Gasteiger partial charge is 0.314 e. The topological polar surface area (TPSA) is 44.1 Å². The van der Waals surface area contributed by atoms with E-state index in [0.29, 0.717) is 5.69 Å². The number of nitrogens with zero attached hydrogens (tertiary/aromatic N) is 2. The molecule has 0 saturated heterocycles. The summed E-state index contributed by atoms with van der Waals surface area (Å²) in [5.74, 6) is -0.0106. The van der Waals surface area contributed by atoms with Gasteiger partial charge in [0.05, 0.1) is 24.4 Å². The van der Waals surface area contributed by atoms with Gasteiger partial charge in [-0.3, -0.25) is 9.36 Å². The highest BCUT2D eigenvalue weighted by Gasteiger charge is 2.28. The van der Waals surface area contributed by atoms with E-state index in [1.54, 1.807) is 0 Å². The molecule has 1 atom stereocenters. The van der Waals surface area contributed by atoms with Crippen LogP contribution in [0, 0.1) is 0 Å². The molecule has 1 heterocycles. The lowest BCUT2D eigenvalue weighted by molar-refractivity contribution is -0.142. The van der Waals surface area contributed by atoms with Crippen LogP contribution in [0.4, 0.5) is 0 Å². The van der Waals surface area contributed by atoms with Gasteiger partial charge in [-0.1, -0.05) is 78.9 Å². The molecule has 0 amide bonds. The molecule has 0 spiro atoms. The van der Waals surface area contributed by atoms with E-state index < -0.39 is 5.92 Å². The van der Waals surface area contributed by atoms with Crippen LogP contribution in [0.15, 0.2) is 91.0 Å². The van der Waals surface area contributed by atoms with E-state index in [1.807, 2.05) is 97.9 Å². The average Bonchev–Trinajstić information content (AvgIpc) is 3.20. The Morgan fingerprint density at radius 3 is 1.90 bits per heavy atom. The predicted molar refractivity (Wildman–Crippen MR) is 115 cm³/mol. The molecule has 4 nitrogen and oxygen atoms in total. The first-order valence-corrected chi connectivity index (χ1v) is 9.57. The van der Waals surface area contributed by atoms with E-state index in [9.17, 15) is 4.79 Å². The van der Waals surface area contributed by atoms with Crippen molar-refractivity contribution in [2.45, 2.75) is 12.8 Å². The van der Waals surface area contributed by atoms with E-state index in [2.05, 4.69) is 4.57 Å². The zero-order chi connectivity index (χ0) is 20.2. The first-order valence-electron chi connectivity index (χ1n) is 9.57. The number of hydrogen-bond donors (Lipinski definition) is 0. The molecule has 0 aliphatic heterocycles. The lowest BCUT2D eigenvalue weighted by Gasteiger charge is -2.15. The Labute approximate surface area is 170 Å². The van der Waals surface area contributed by atoms with Crippen LogP contribution in [0.3, 0.4) is 0 Å². The van der Waals surface area contributed by atoms with Crippen molar-refractivity contribution >= 4 is 5.97 Å². The average molecular weight is 382 g/mol. The molecule has 29 heavy (non-hydrogen) atoms. The van der Waals surface area contributed by atoms with E-state index >= 15 is 0 Å². The maximum absolute atomic E-state index is 12.4. The van der Waals surface area contributed by atoms with Crippen molar-refractivity contribution in [3.63, 3.8) is 0 Å². The number of rotatable bonds is 5. The van der Waals surface area contributed by atoms with Gasteiger partial charge in [-0.25, -0.2) is 4.98 Å². The van der Waals surface area contributed by atoms with Crippen molar-refractivity contribution < 1.29 is 9.53 Å². The maximum atomic E-state index is 12.4. The summed E-state index contributed by atoms with van der Waals surface area (Å²) in [5.41, 5.74) is 4.56. The summed E-state index contributed by atoms with van der Waals surface area (Å²) in [7, 11) is 1.41. The molecule has 4 heteroatoms. The molecule has 4 aromatic rings. The normalized spacial score (nSPS) is 11.8. The fourth-order valence-corrected chi connectivity index (χ4v) is 3.51. The Morgan fingerprint density at radius 1 is 0.828 bits per heavy atom. The van der Waals surface area contributed by atoms with Gasteiger partial charge in [0.1, 0.15) is 5.82 Å². The molecule has 0 fully saturated rings. The SMILES string of the molecule is COC(=O)C(C)c1nc(-c2ccccc2)n(-c2ccccc2)c1-c1ccccc1. The van der Waals surface area contributed by atoms with E-state index in [0.717, 1.165) is 28.3 Å². The van der Waals surface area contributed by atoms with Crippen LogP contribution in [0.25, 0.3) is 28.3 Å². The van der Waals surface area contributed by atoms with Crippen LogP contribution in [-0.2, 0) is 9.53 Å². The van der Waals surface area contributed by atoms with Gasteiger partial charge >= 0.3 is 5.97 Å². The molecule has 0 bridgehead atoms. The van der Waals surface area contributed by atoms with Crippen LogP contribution in [0.2, 0.25) is 0 Å². The number of methoxy groups -OCH3 is 1. The summed E-state index contributed by atoms with van der Waals surface area (Å²) in [5, 5.41) is 0. The van der Waals surface area contributed by atoms with Crippen molar-refractivity contribution in [3.8, 4) is 28.3 Å². The minimum atomic E-state index is -0.498. The second kappa shape index (κ2) is 8.15. The highest BCUT2D eigenvalue weighted by Crippen LogP contribution is 2.36. The molecule has 1 unspecified atom stereocenters. The van der Waals surface area contributed by atoms with Crippen molar-refractivity contribution in [1.29, 1.82) is 0 Å². The molecule has 0 N–H and O–H groups in total. The Kier molecular flexibility index (Phi) is 5.25. The van der Waals surface area contributed by atoms with Gasteiger partial charge in [-0.05, 0) is 19.1 Å². The number of esters is 1. The van der Waals surface area contributed by atoms with Gasteiger partial charge in [-0.15, -0.1) is 0 Å². The fourth-order valence-electron chi connectivity index (χ4n) is 3.51. The highest BCUT2D eigenvalue weighted by molar-refractivity contribution is 5.82. The molecule has 144 valence electrons. The third kappa shape index (κ3) is 3.57. The number of carbonyl (C=O) groups is 1.